The van der Waals surface area contributed by atoms with Gasteiger partial charge >= 0.3 is 6.18 Å². The molecule has 1 aliphatic heterocycles. The molecular weight excluding hydrogens is 417 g/mol. The molecule has 1 aromatic heterocycles. The molecule has 152 valence electrons. The highest BCUT2D eigenvalue weighted by molar-refractivity contribution is 8.13. The summed E-state index contributed by atoms with van der Waals surface area (Å²) in [4.78, 5) is 9.38. The monoisotopic (exact) mass is 434 g/mol. The van der Waals surface area contributed by atoms with Gasteiger partial charge < -0.3 is 10.2 Å². The number of hydrogen-bond acceptors (Lipinski definition) is 6. The summed E-state index contributed by atoms with van der Waals surface area (Å²) in [6.07, 6.45) is -1.28. The molecule has 0 atom stereocenters. The van der Waals surface area contributed by atoms with Crippen molar-refractivity contribution in [3.8, 4) is 0 Å². The van der Waals surface area contributed by atoms with E-state index in [0.29, 0.717) is 24.3 Å². The van der Waals surface area contributed by atoms with E-state index in [1.54, 1.807) is 11.0 Å². The molecule has 0 radical (unpaired) electrons. The van der Waals surface area contributed by atoms with E-state index in [2.05, 4.69) is 15.3 Å². The lowest BCUT2D eigenvalue weighted by molar-refractivity contribution is -0.137. The third-order valence-corrected chi connectivity index (χ3v) is 5.99. The van der Waals surface area contributed by atoms with Crippen LogP contribution in [0.1, 0.15) is 30.4 Å². The van der Waals surface area contributed by atoms with Crippen LogP contribution in [0.3, 0.4) is 0 Å². The predicted octanol–water partition coefficient (Wildman–Crippen LogP) is 4.47. The normalized spacial score (nSPS) is 15.5. The lowest BCUT2D eigenvalue weighted by atomic mass is 10.1. The zero-order chi connectivity index (χ0) is 20.5. The fourth-order valence-electron chi connectivity index (χ4n) is 3.11. The summed E-state index contributed by atoms with van der Waals surface area (Å²) >= 11 is 0. The van der Waals surface area contributed by atoms with Crippen LogP contribution in [0, 0.1) is 6.92 Å². The summed E-state index contributed by atoms with van der Waals surface area (Å²) in [7, 11) is 1.45. The Bertz CT molecular complexity index is 977. The van der Waals surface area contributed by atoms with Crippen LogP contribution in [-0.4, -0.2) is 31.5 Å². The van der Waals surface area contributed by atoms with Crippen LogP contribution in [0.4, 0.5) is 30.6 Å². The first-order valence-corrected chi connectivity index (χ1v) is 10.9. The van der Waals surface area contributed by atoms with Crippen molar-refractivity contribution >= 4 is 37.2 Å². The summed E-state index contributed by atoms with van der Waals surface area (Å²) in [5.41, 5.74) is -0.236. The Kier molecular flexibility index (Phi) is 5.72. The molecule has 3 rings (SSSR count). The quantitative estimate of drug-likeness (QED) is 0.716. The zero-order valence-corrected chi connectivity index (χ0v) is 16.5. The van der Waals surface area contributed by atoms with Gasteiger partial charge in [0, 0.05) is 35.7 Å². The number of anilines is 3. The lowest BCUT2D eigenvalue weighted by Gasteiger charge is -2.30. The van der Waals surface area contributed by atoms with Crippen molar-refractivity contribution in [2.75, 3.05) is 23.3 Å². The number of halogens is 4. The molecule has 1 saturated heterocycles. The predicted molar refractivity (Wildman–Crippen MR) is 101 cm³/mol. The minimum absolute atomic E-state index is 0.0548. The summed E-state index contributed by atoms with van der Waals surface area (Å²) in [6.45, 7) is 2.50. The average Bonchev–Trinajstić information content (AvgIpc) is 2.62. The summed E-state index contributed by atoms with van der Waals surface area (Å²) < 4.78 is 63.5. The van der Waals surface area contributed by atoms with Crippen LogP contribution >= 0.6 is 10.7 Å². The maximum atomic E-state index is 13.4. The Hall–Kier alpha value is -2.07. The second-order valence-corrected chi connectivity index (χ2v) is 9.00. The fraction of sp³-hybridized carbons (Fsp3) is 0.412. The summed E-state index contributed by atoms with van der Waals surface area (Å²) in [6, 6.07) is 4.39. The molecule has 1 N–H and O–H groups in total. The first kappa shape index (κ1) is 20.7. The van der Waals surface area contributed by atoms with Crippen LogP contribution in [0.25, 0.3) is 0 Å². The van der Waals surface area contributed by atoms with E-state index >= 15 is 0 Å². The number of piperidine rings is 1. The number of nitrogens with zero attached hydrogens (tertiary/aromatic N) is 3. The van der Waals surface area contributed by atoms with Gasteiger partial charge in [-0.25, -0.2) is 13.4 Å². The van der Waals surface area contributed by atoms with Gasteiger partial charge in [-0.3, -0.25) is 0 Å². The van der Waals surface area contributed by atoms with Crippen LogP contribution in [0.5, 0.6) is 0 Å². The fourth-order valence-corrected chi connectivity index (χ4v) is 4.33. The van der Waals surface area contributed by atoms with Crippen molar-refractivity contribution in [2.24, 2.45) is 0 Å². The Morgan fingerprint density at radius 3 is 2.46 bits per heavy atom. The number of rotatable bonds is 4. The van der Waals surface area contributed by atoms with Gasteiger partial charge in [0.05, 0.1) is 4.90 Å². The Balaban J connectivity index is 2.00. The first-order chi connectivity index (χ1) is 13.1. The molecule has 0 aliphatic carbocycles. The van der Waals surface area contributed by atoms with Gasteiger partial charge in [0.15, 0.2) is 0 Å². The van der Waals surface area contributed by atoms with Gasteiger partial charge in [-0.2, -0.15) is 18.2 Å². The largest absolute Gasteiger partial charge is 0.421 e. The molecule has 0 unspecified atom stereocenters. The standard InChI is InChI=1S/C17H18ClF3N4O2S/c1-11-13(6-5-7-14(11)28(18,26)27)23-16-22-10-12(17(19,20)21)15(24-16)25-8-3-2-4-9-25/h5-7,10H,2-4,8-9H2,1H3,(H,22,23,24). The van der Waals surface area contributed by atoms with Crippen molar-refractivity contribution in [2.45, 2.75) is 37.3 Å². The molecule has 0 amide bonds. The average molecular weight is 435 g/mol. The molecule has 1 aromatic carbocycles. The molecule has 0 saturated carbocycles. The molecule has 1 fully saturated rings. The first-order valence-electron chi connectivity index (χ1n) is 8.58. The van der Waals surface area contributed by atoms with Crippen LogP contribution in [0.2, 0.25) is 0 Å². The van der Waals surface area contributed by atoms with Gasteiger partial charge in [0.25, 0.3) is 9.05 Å². The topological polar surface area (TPSA) is 75.2 Å². The van der Waals surface area contributed by atoms with E-state index in [0.717, 1.165) is 25.5 Å². The number of nitrogens with one attached hydrogen (secondary N) is 1. The van der Waals surface area contributed by atoms with Gasteiger partial charge in [0.1, 0.15) is 11.4 Å². The third kappa shape index (κ3) is 4.49. The maximum Gasteiger partial charge on any atom is 0.421 e. The Labute approximate surface area is 165 Å². The van der Waals surface area contributed by atoms with Crippen molar-refractivity contribution in [1.29, 1.82) is 0 Å². The maximum absolute atomic E-state index is 13.4. The van der Waals surface area contributed by atoms with Gasteiger partial charge in [-0.15, -0.1) is 0 Å². The van der Waals surface area contributed by atoms with E-state index in [-0.39, 0.29) is 16.7 Å². The highest BCUT2D eigenvalue weighted by Gasteiger charge is 2.37. The highest BCUT2D eigenvalue weighted by atomic mass is 35.7. The van der Waals surface area contributed by atoms with E-state index in [4.69, 9.17) is 10.7 Å². The second-order valence-electron chi connectivity index (χ2n) is 6.47. The van der Waals surface area contributed by atoms with E-state index in [9.17, 15) is 21.6 Å². The van der Waals surface area contributed by atoms with Gasteiger partial charge in [0.2, 0.25) is 5.95 Å². The number of aromatic nitrogens is 2. The molecule has 2 heterocycles. The molecule has 2 aromatic rings. The van der Waals surface area contributed by atoms with Gasteiger partial charge in [-0.1, -0.05) is 6.07 Å². The highest BCUT2D eigenvalue weighted by Crippen LogP contribution is 2.37. The van der Waals surface area contributed by atoms with Crippen LogP contribution in [0.15, 0.2) is 29.3 Å². The molecule has 1 aliphatic rings. The van der Waals surface area contributed by atoms with Crippen LogP contribution < -0.4 is 10.2 Å². The van der Waals surface area contributed by atoms with Crippen molar-refractivity contribution in [3.05, 3.63) is 35.5 Å². The molecule has 28 heavy (non-hydrogen) atoms. The molecule has 6 nitrogen and oxygen atoms in total. The zero-order valence-electron chi connectivity index (χ0n) is 14.9. The Morgan fingerprint density at radius 2 is 1.86 bits per heavy atom. The SMILES string of the molecule is Cc1c(Nc2ncc(C(F)(F)F)c(N3CCCCC3)n2)cccc1S(=O)(=O)Cl. The molecule has 0 spiro atoms. The molecule has 11 heteroatoms. The van der Waals surface area contributed by atoms with E-state index in [1.165, 1.54) is 19.1 Å². The lowest BCUT2D eigenvalue weighted by Crippen LogP contribution is -2.32. The third-order valence-electron chi connectivity index (χ3n) is 4.52. The summed E-state index contributed by atoms with van der Waals surface area (Å²) in [5, 5.41) is 2.80. The van der Waals surface area contributed by atoms with E-state index < -0.39 is 20.8 Å². The summed E-state index contributed by atoms with van der Waals surface area (Å²) in [5.74, 6) is -0.232. The molecule has 0 bridgehead atoms. The van der Waals surface area contributed by atoms with Crippen molar-refractivity contribution < 1.29 is 21.6 Å². The minimum Gasteiger partial charge on any atom is -0.356 e. The smallest absolute Gasteiger partial charge is 0.356 e. The van der Waals surface area contributed by atoms with Crippen LogP contribution in [-0.2, 0) is 15.2 Å². The number of hydrogen-bond donors (Lipinski definition) is 1. The van der Waals surface area contributed by atoms with E-state index in [1.807, 2.05) is 0 Å². The van der Waals surface area contributed by atoms with Gasteiger partial charge in [-0.05, 0) is 43.9 Å². The minimum atomic E-state index is -4.58. The van der Waals surface area contributed by atoms with Crippen molar-refractivity contribution in [3.63, 3.8) is 0 Å². The molecular formula is C17H18ClF3N4O2S. The second kappa shape index (κ2) is 7.75. The number of benzene rings is 1. The van der Waals surface area contributed by atoms with Crippen molar-refractivity contribution in [1.82, 2.24) is 9.97 Å². The Morgan fingerprint density at radius 1 is 1.18 bits per heavy atom. The number of alkyl halides is 3.